The summed E-state index contributed by atoms with van der Waals surface area (Å²) in [7, 11) is 0. The average Bonchev–Trinajstić information content (AvgIpc) is 3.07. The van der Waals surface area contributed by atoms with Crippen LogP contribution in [0.25, 0.3) is 16.9 Å². The van der Waals surface area contributed by atoms with Crippen molar-refractivity contribution in [3.8, 4) is 16.9 Å². The number of halogens is 1. The molecule has 7 heteroatoms. The molecule has 0 aliphatic heterocycles. The van der Waals surface area contributed by atoms with Gasteiger partial charge in [-0.15, -0.1) is 5.10 Å². The number of aromatic nitrogens is 4. The van der Waals surface area contributed by atoms with Gasteiger partial charge in [-0.1, -0.05) is 42.8 Å². The highest BCUT2D eigenvalue weighted by atomic mass is 35.5. The van der Waals surface area contributed by atoms with Crippen molar-refractivity contribution in [2.45, 2.75) is 20.3 Å². The van der Waals surface area contributed by atoms with Crippen LogP contribution in [0, 0.1) is 5.92 Å². The number of para-hydroxylation sites is 1. The topological polar surface area (TPSA) is 72.7 Å². The fourth-order valence-corrected chi connectivity index (χ4v) is 2.76. The number of hydrogen-bond donors (Lipinski definition) is 1. The van der Waals surface area contributed by atoms with Crippen LogP contribution in [0.1, 0.15) is 30.8 Å². The predicted molar refractivity (Wildman–Crippen MR) is 101 cm³/mol. The van der Waals surface area contributed by atoms with Gasteiger partial charge in [0.05, 0.1) is 10.7 Å². The maximum atomic E-state index is 12.7. The molecular weight excluding hydrogens is 350 g/mol. The number of rotatable bonds is 6. The lowest BCUT2D eigenvalue weighted by molar-refractivity contribution is 0.0947. The van der Waals surface area contributed by atoms with E-state index in [1.54, 1.807) is 29.2 Å². The molecule has 1 aromatic carbocycles. The Hall–Kier alpha value is -2.73. The number of nitrogens with zero attached hydrogens (tertiary/aromatic N) is 4. The fourth-order valence-electron chi connectivity index (χ4n) is 2.55. The number of carbonyl (C=O) groups excluding carboxylic acids is 1. The summed E-state index contributed by atoms with van der Waals surface area (Å²) < 4.78 is 1.58. The smallest absolute Gasteiger partial charge is 0.274 e. The maximum absolute atomic E-state index is 12.7. The van der Waals surface area contributed by atoms with E-state index < -0.39 is 0 Å². The van der Waals surface area contributed by atoms with Gasteiger partial charge in [0.2, 0.25) is 0 Å². The lowest BCUT2D eigenvalue weighted by atomic mass is 10.1. The van der Waals surface area contributed by atoms with Crippen molar-refractivity contribution in [1.29, 1.82) is 0 Å². The summed E-state index contributed by atoms with van der Waals surface area (Å²) in [4.78, 5) is 16.8. The van der Waals surface area contributed by atoms with Crippen LogP contribution in [0.5, 0.6) is 0 Å². The van der Waals surface area contributed by atoms with Crippen molar-refractivity contribution in [2.75, 3.05) is 6.54 Å². The van der Waals surface area contributed by atoms with Crippen molar-refractivity contribution >= 4 is 17.5 Å². The summed E-state index contributed by atoms with van der Waals surface area (Å²) in [6, 6.07) is 11.0. The Morgan fingerprint density at radius 1 is 1.23 bits per heavy atom. The van der Waals surface area contributed by atoms with Crippen LogP contribution in [-0.4, -0.2) is 32.4 Å². The molecule has 3 aromatic rings. The lowest BCUT2D eigenvalue weighted by Crippen LogP contribution is -2.26. The van der Waals surface area contributed by atoms with Crippen LogP contribution in [0.2, 0.25) is 5.02 Å². The van der Waals surface area contributed by atoms with E-state index in [1.165, 1.54) is 0 Å². The number of nitrogens with one attached hydrogen (secondary N) is 1. The van der Waals surface area contributed by atoms with Gasteiger partial charge in [-0.25, -0.2) is 4.68 Å². The van der Waals surface area contributed by atoms with Gasteiger partial charge < -0.3 is 5.32 Å². The molecule has 0 atom stereocenters. The van der Waals surface area contributed by atoms with Crippen molar-refractivity contribution in [3.05, 3.63) is 59.5 Å². The molecule has 0 saturated heterocycles. The van der Waals surface area contributed by atoms with E-state index in [4.69, 9.17) is 11.6 Å². The van der Waals surface area contributed by atoms with Crippen LogP contribution < -0.4 is 5.32 Å². The van der Waals surface area contributed by atoms with E-state index in [9.17, 15) is 4.79 Å². The molecule has 0 saturated carbocycles. The normalized spacial score (nSPS) is 10.9. The Kier molecular flexibility index (Phi) is 5.63. The van der Waals surface area contributed by atoms with E-state index in [0.717, 1.165) is 12.0 Å². The summed E-state index contributed by atoms with van der Waals surface area (Å²) in [6.45, 7) is 4.81. The van der Waals surface area contributed by atoms with E-state index in [0.29, 0.717) is 28.9 Å². The van der Waals surface area contributed by atoms with Crippen molar-refractivity contribution in [3.63, 3.8) is 0 Å². The first-order valence-corrected chi connectivity index (χ1v) is 8.85. The van der Waals surface area contributed by atoms with Crippen molar-refractivity contribution in [1.82, 2.24) is 25.3 Å². The Bertz CT molecular complexity index is 892. The number of amides is 1. The largest absolute Gasteiger partial charge is 0.351 e. The molecule has 0 fully saturated rings. The minimum Gasteiger partial charge on any atom is -0.351 e. The Labute approximate surface area is 157 Å². The molecule has 2 aromatic heterocycles. The Balaban J connectivity index is 2.03. The minimum absolute atomic E-state index is 0.252. The molecular formula is C19H20ClN5O. The number of carbonyl (C=O) groups is 1. The molecule has 1 amide bonds. The van der Waals surface area contributed by atoms with Crippen LogP contribution in [0.3, 0.4) is 0 Å². The van der Waals surface area contributed by atoms with Crippen LogP contribution in [-0.2, 0) is 0 Å². The zero-order valence-electron chi connectivity index (χ0n) is 14.7. The van der Waals surface area contributed by atoms with Gasteiger partial charge in [0.25, 0.3) is 5.91 Å². The van der Waals surface area contributed by atoms with Gasteiger partial charge in [-0.3, -0.25) is 9.78 Å². The summed E-state index contributed by atoms with van der Waals surface area (Å²) in [5, 5.41) is 11.7. The van der Waals surface area contributed by atoms with E-state index >= 15 is 0 Å². The fraction of sp³-hybridized carbons (Fsp3) is 0.263. The SMILES string of the molecule is CC(C)CCNC(=O)c1nnn(-c2ccccc2Cl)c1-c1cccnc1. The zero-order chi connectivity index (χ0) is 18.5. The van der Waals surface area contributed by atoms with Crippen molar-refractivity contribution in [2.24, 2.45) is 5.92 Å². The third-order valence-electron chi connectivity index (χ3n) is 3.91. The third-order valence-corrected chi connectivity index (χ3v) is 4.23. The number of benzene rings is 1. The highest BCUT2D eigenvalue weighted by Crippen LogP contribution is 2.28. The molecule has 6 nitrogen and oxygen atoms in total. The van der Waals surface area contributed by atoms with E-state index in [2.05, 4.69) is 34.5 Å². The van der Waals surface area contributed by atoms with Crippen LogP contribution in [0.4, 0.5) is 0 Å². The first kappa shape index (κ1) is 18.1. The maximum Gasteiger partial charge on any atom is 0.274 e. The molecule has 134 valence electrons. The number of pyridine rings is 1. The summed E-state index contributed by atoms with van der Waals surface area (Å²) >= 11 is 6.32. The minimum atomic E-state index is -0.261. The summed E-state index contributed by atoms with van der Waals surface area (Å²) in [5.41, 5.74) is 2.21. The van der Waals surface area contributed by atoms with Gasteiger partial charge in [0.1, 0.15) is 5.69 Å². The molecule has 2 heterocycles. The van der Waals surface area contributed by atoms with Crippen molar-refractivity contribution < 1.29 is 4.79 Å². The first-order valence-electron chi connectivity index (χ1n) is 8.47. The van der Waals surface area contributed by atoms with Crippen LogP contribution >= 0.6 is 11.6 Å². The van der Waals surface area contributed by atoms with Gasteiger partial charge in [-0.2, -0.15) is 0 Å². The molecule has 0 aliphatic carbocycles. The van der Waals surface area contributed by atoms with Gasteiger partial charge >= 0.3 is 0 Å². The Morgan fingerprint density at radius 2 is 2.04 bits per heavy atom. The molecule has 0 radical (unpaired) electrons. The molecule has 0 bridgehead atoms. The number of hydrogen-bond acceptors (Lipinski definition) is 4. The van der Waals surface area contributed by atoms with E-state index in [-0.39, 0.29) is 11.6 Å². The van der Waals surface area contributed by atoms with E-state index in [1.807, 2.05) is 24.3 Å². The zero-order valence-corrected chi connectivity index (χ0v) is 15.4. The molecule has 3 rings (SSSR count). The van der Waals surface area contributed by atoms with Gasteiger partial charge in [0.15, 0.2) is 5.69 Å². The highest BCUT2D eigenvalue weighted by Gasteiger charge is 2.23. The second-order valence-corrected chi connectivity index (χ2v) is 6.74. The highest BCUT2D eigenvalue weighted by molar-refractivity contribution is 6.32. The predicted octanol–water partition coefficient (Wildman–Crippen LogP) is 3.76. The average molecular weight is 370 g/mol. The molecule has 26 heavy (non-hydrogen) atoms. The van der Waals surface area contributed by atoms with Gasteiger partial charge in [-0.05, 0) is 36.6 Å². The standard InChI is InChI=1S/C19H20ClN5O/c1-13(2)9-11-22-19(26)17-18(14-6-5-10-21-12-14)25(24-23-17)16-8-4-3-7-15(16)20/h3-8,10,12-13H,9,11H2,1-2H3,(H,22,26). The molecule has 1 N–H and O–H groups in total. The quantitative estimate of drug-likeness (QED) is 0.718. The van der Waals surface area contributed by atoms with Gasteiger partial charge in [0, 0.05) is 24.5 Å². The molecule has 0 unspecified atom stereocenters. The monoisotopic (exact) mass is 369 g/mol. The first-order chi connectivity index (χ1) is 12.6. The third kappa shape index (κ3) is 3.91. The second-order valence-electron chi connectivity index (χ2n) is 6.33. The Morgan fingerprint density at radius 3 is 2.73 bits per heavy atom. The van der Waals surface area contributed by atoms with Crippen LogP contribution in [0.15, 0.2) is 48.8 Å². The second kappa shape index (κ2) is 8.10. The molecule has 0 spiro atoms. The molecule has 0 aliphatic rings. The lowest BCUT2D eigenvalue weighted by Gasteiger charge is -2.10. The summed E-state index contributed by atoms with van der Waals surface area (Å²) in [6.07, 6.45) is 4.25. The summed E-state index contributed by atoms with van der Waals surface area (Å²) in [5.74, 6) is 0.245.